The fourth-order valence-corrected chi connectivity index (χ4v) is 2.88. The molecule has 1 aliphatic rings. The lowest BCUT2D eigenvalue weighted by atomic mass is 9.82. The van der Waals surface area contributed by atoms with Crippen LogP contribution >= 0.6 is 0 Å². The number of rotatable bonds is 7. The Morgan fingerprint density at radius 3 is 2.46 bits per heavy atom. The minimum Gasteiger partial charge on any atom is -0.493 e. The molecular formula is C18H24FN3O2. The van der Waals surface area contributed by atoms with Crippen molar-refractivity contribution in [2.75, 3.05) is 13.2 Å². The SMILES string of the molecule is N=C/C(=C\N)C(=O)NCC1CCC(COc2ccc(F)cc2)CC1. The molecule has 0 aliphatic heterocycles. The van der Waals surface area contributed by atoms with Gasteiger partial charge in [0.05, 0.1) is 12.2 Å². The van der Waals surface area contributed by atoms with Crippen LogP contribution in [-0.4, -0.2) is 25.3 Å². The maximum atomic E-state index is 12.8. The average molecular weight is 333 g/mol. The predicted octanol–water partition coefficient (Wildman–Crippen LogP) is 2.62. The number of hydrogen-bond acceptors (Lipinski definition) is 4. The zero-order valence-corrected chi connectivity index (χ0v) is 13.6. The first-order valence-corrected chi connectivity index (χ1v) is 8.21. The van der Waals surface area contributed by atoms with Gasteiger partial charge in [0, 0.05) is 19.0 Å². The van der Waals surface area contributed by atoms with E-state index >= 15 is 0 Å². The van der Waals surface area contributed by atoms with Gasteiger partial charge in [-0.05, 0) is 61.8 Å². The Morgan fingerprint density at radius 1 is 1.25 bits per heavy atom. The number of amides is 1. The van der Waals surface area contributed by atoms with E-state index in [1.807, 2.05) is 0 Å². The molecule has 0 atom stereocenters. The highest BCUT2D eigenvalue weighted by Gasteiger charge is 2.22. The van der Waals surface area contributed by atoms with Crippen LogP contribution in [0.25, 0.3) is 0 Å². The van der Waals surface area contributed by atoms with E-state index in [-0.39, 0.29) is 17.3 Å². The number of ether oxygens (including phenoxy) is 1. The molecule has 6 heteroatoms. The molecule has 0 spiro atoms. The highest BCUT2D eigenvalue weighted by molar-refractivity contribution is 6.11. The number of benzene rings is 1. The quantitative estimate of drug-likeness (QED) is 0.529. The van der Waals surface area contributed by atoms with Crippen LogP contribution < -0.4 is 15.8 Å². The molecule has 0 heterocycles. The van der Waals surface area contributed by atoms with Gasteiger partial charge >= 0.3 is 0 Å². The van der Waals surface area contributed by atoms with Crippen LogP contribution in [0.1, 0.15) is 25.7 Å². The molecule has 1 aromatic carbocycles. The Balaban J connectivity index is 1.67. The molecule has 24 heavy (non-hydrogen) atoms. The smallest absolute Gasteiger partial charge is 0.254 e. The van der Waals surface area contributed by atoms with Crippen molar-refractivity contribution in [1.29, 1.82) is 5.41 Å². The molecule has 0 saturated heterocycles. The van der Waals surface area contributed by atoms with Gasteiger partial charge in [-0.25, -0.2) is 4.39 Å². The molecule has 0 aromatic heterocycles. The van der Waals surface area contributed by atoms with Crippen molar-refractivity contribution in [2.45, 2.75) is 25.7 Å². The minimum atomic E-state index is -0.297. The maximum absolute atomic E-state index is 12.8. The summed E-state index contributed by atoms with van der Waals surface area (Å²) in [6.07, 6.45) is 6.26. The molecule has 130 valence electrons. The van der Waals surface area contributed by atoms with Gasteiger partial charge in [-0.3, -0.25) is 4.79 Å². The lowest BCUT2D eigenvalue weighted by molar-refractivity contribution is -0.117. The first kappa shape index (κ1) is 18.0. The van der Waals surface area contributed by atoms with Gasteiger partial charge in [0.15, 0.2) is 0 Å². The molecule has 4 N–H and O–H groups in total. The van der Waals surface area contributed by atoms with Crippen LogP contribution in [0, 0.1) is 23.1 Å². The lowest BCUT2D eigenvalue weighted by Gasteiger charge is -2.28. The molecule has 0 radical (unpaired) electrons. The number of carbonyl (C=O) groups excluding carboxylic acids is 1. The van der Waals surface area contributed by atoms with Crippen molar-refractivity contribution >= 4 is 12.1 Å². The van der Waals surface area contributed by atoms with Gasteiger partial charge in [0.2, 0.25) is 0 Å². The molecule has 1 aliphatic carbocycles. The molecule has 5 nitrogen and oxygen atoms in total. The van der Waals surface area contributed by atoms with Crippen LogP contribution in [-0.2, 0) is 4.79 Å². The van der Waals surface area contributed by atoms with Crippen molar-refractivity contribution in [2.24, 2.45) is 17.6 Å². The summed E-state index contributed by atoms with van der Waals surface area (Å²) in [5, 5.41) is 9.93. The summed E-state index contributed by atoms with van der Waals surface area (Å²) in [5.74, 6) is 1.07. The first-order chi connectivity index (χ1) is 11.6. The van der Waals surface area contributed by atoms with Crippen LogP contribution in [0.2, 0.25) is 0 Å². The molecular weight excluding hydrogens is 309 g/mol. The summed E-state index contributed by atoms with van der Waals surface area (Å²) in [6, 6.07) is 6.07. The second-order valence-corrected chi connectivity index (χ2v) is 6.13. The minimum absolute atomic E-state index is 0.177. The fourth-order valence-electron chi connectivity index (χ4n) is 2.88. The van der Waals surface area contributed by atoms with Gasteiger partial charge in [-0.2, -0.15) is 0 Å². The van der Waals surface area contributed by atoms with E-state index in [4.69, 9.17) is 15.9 Å². The second kappa shape index (κ2) is 9.05. The number of carbonyl (C=O) groups is 1. The highest BCUT2D eigenvalue weighted by Crippen LogP contribution is 2.29. The van der Waals surface area contributed by atoms with Crippen molar-refractivity contribution < 1.29 is 13.9 Å². The van der Waals surface area contributed by atoms with E-state index in [9.17, 15) is 9.18 Å². The summed E-state index contributed by atoms with van der Waals surface area (Å²) >= 11 is 0. The van der Waals surface area contributed by atoms with E-state index in [0.717, 1.165) is 38.1 Å². The normalized spacial score (nSPS) is 21.1. The van der Waals surface area contributed by atoms with Gasteiger partial charge in [-0.15, -0.1) is 0 Å². The van der Waals surface area contributed by atoms with Crippen molar-refractivity contribution in [3.63, 3.8) is 0 Å². The van der Waals surface area contributed by atoms with E-state index in [0.29, 0.717) is 30.7 Å². The number of halogens is 1. The van der Waals surface area contributed by atoms with Crippen LogP contribution in [0.15, 0.2) is 36.0 Å². The Kier molecular flexibility index (Phi) is 6.78. The maximum Gasteiger partial charge on any atom is 0.254 e. The van der Waals surface area contributed by atoms with Crippen molar-refractivity contribution in [1.82, 2.24) is 5.32 Å². The second-order valence-electron chi connectivity index (χ2n) is 6.13. The summed E-state index contributed by atoms with van der Waals surface area (Å²) in [5.41, 5.74) is 5.47. The van der Waals surface area contributed by atoms with Gasteiger partial charge in [-0.1, -0.05) is 0 Å². The van der Waals surface area contributed by atoms with E-state index in [2.05, 4.69) is 5.32 Å². The summed E-state index contributed by atoms with van der Waals surface area (Å²) in [7, 11) is 0. The molecule has 1 fully saturated rings. The average Bonchev–Trinajstić information content (AvgIpc) is 2.61. The molecule has 1 saturated carbocycles. The van der Waals surface area contributed by atoms with E-state index in [1.165, 1.54) is 12.1 Å². The van der Waals surface area contributed by atoms with Crippen LogP contribution in [0.3, 0.4) is 0 Å². The van der Waals surface area contributed by atoms with Crippen molar-refractivity contribution in [3.8, 4) is 5.75 Å². The van der Waals surface area contributed by atoms with E-state index < -0.39 is 0 Å². The zero-order chi connectivity index (χ0) is 17.4. The molecule has 1 amide bonds. The Morgan fingerprint density at radius 2 is 1.88 bits per heavy atom. The largest absolute Gasteiger partial charge is 0.493 e. The van der Waals surface area contributed by atoms with Gasteiger partial charge < -0.3 is 21.2 Å². The Labute approximate surface area is 141 Å². The van der Waals surface area contributed by atoms with Crippen LogP contribution in [0.4, 0.5) is 4.39 Å². The highest BCUT2D eigenvalue weighted by atomic mass is 19.1. The number of hydrogen-bond donors (Lipinski definition) is 3. The fraction of sp³-hybridized carbons (Fsp3) is 0.444. The first-order valence-electron chi connectivity index (χ1n) is 8.21. The monoisotopic (exact) mass is 333 g/mol. The third-order valence-electron chi connectivity index (χ3n) is 4.41. The number of nitrogens with two attached hydrogens (primary N) is 1. The third-order valence-corrected chi connectivity index (χ3v) is 4.41. The Bertz CT molecular complexity index is 578. The molecule has 0 bridgehead atoms. The van der Waals surface area contributed by atoms with Crippen molar-refractivity contribution in [3.05, 3.63) is 41.9 Å². The predicted molar refractivity (Wildman–Crippen MR) is 91.4 cm³/mol. The van der Waals surface area contributed by atoms with Gasteiger partial charge in [0.25, 0.3) is 5.91 Å². The summed E-state index contributed by atoms with van der Waals surface area (Å²) in [6.45, 7) is 1.24. The van der Waals surface area contributed by atoms with Crippen LogP contribution in [0.5, 0.6) is 5.75 Å². The molecule has 0 unspecified atom stereocenters. The zero-order valence-electron chi connectivity index (χ0n) is 13.6. The lowest BCUT2D eigenvalue weighted by Crippen LogP contribution is -2.33. The Hall–Kier alpha value is -2.37. The summed E-state index contributed by atoms with van der Waals surface area (Å²) < 4.78 is 18.6. The topological polar surface area (TPSA) is 88.2 Å². The summed E-state index contributed by atoms with van der Waals surface area (Å²) in [4.78, 5) is 11.7. The molecule has 1 aromatic rings. The van der Waals surface area contributed by atoms with E-state index in [1.54, 1.807) is 12.1 Å². The molecule has 2 rings (SSSR count). The third kappa shape index (κ3) is 5.37. The standard InChI is InChI=1S/C18H24FN3O2/c19-16-5-7-17(8-6-16)24-12-14-3-1-13(2-4-14)11-22-18(23)15(9-20)10-21/h5-10,13-14,20H,1-4,11-12,21H2,(H,22,23)/b15-10+,20-9?. The number of nitrogens with one attached hydrogen (secondary N) is 2. The van der Waals surface area contributed by atoms with Gasteiger partial charge in [0.1, 0.15) is 11.6 Å².